The SMILES string of the molecule is COc1ccc([C@@H]2CC(=O)C3=C(C2)NC(C)=C(C(=O)OCCOc2ccccc2)[C@H]3c2cc(Br)ccc2OC)cc1OC. The summed E-state index contributed by atoms with van der Waals surface area (Å²) in [6.07, 6.45) is 0.850. The maximum atomic E-state index is 14.0. The molecule has 2 atom stereocenters. The van der Waals surface area contributed by atoms with Crippen LogP contribution in [-0.2, 0) is 14.3 Å². The van der Waals surface area contributed by atoms with Crippen LogP contribution in [0.5, 0.6) is 23.0 Å². The van der Waals surface area contributed by atoms with Crippen LogP contribution in [0.25, 0.3) is 0 Å². The number of hydrogen-bond acceptors (Lipinski definition) is 8. The van der Waals surface area contributed by atoms with Crippen molar-refractivity contribution >= 4 is 27.7 Å². The molecule has 0 aromatic heterocycles. The second-order valence-corrected chi connectivity index (χ2v) is 11.2. The molecule has 0 bridgehead atoms. The highest BCUT2D eigenvalue weighted by Gasteiger charge is 2.42. The molecule has 224 valence electrons. The predicted molar refractivity (Wildman–Crippen MR) is 166 cm³/mol. The summed E-state index contributed by atoms with van der Waals surface area (Å²) in [7, 11) is 4.76. The van der Waals surface area contributed by atoms with E-state index in [1.165, 1.54) is 0 Å². The highest BCUT2D eigenvalue weighted by molar-refractivity contribution is 9.10. The molecule has 2 aliphatic rings. The van der Waals surface area contributed by atoms with E-state index >= 15 is 0 Å². The number of halogens is 1. The number of para-hydroxylation sites is 1. The fourth-order valence-corrected chi connectivity index (χ4v) is 6.16. The lowest BCUT2D eigenvalue weighted by Crippen LogP contribution is -2.36. The Balaban J connectivity index is 1.47. The molecule has 8 nitrogen and oxygen atoms in total. The molecule has 43 heavy (non-hydrogen) atoms. The molecule has 1 N–H and O–H groups in total. The zero-order valence-corrected chi connectivity index (χ0v) is 26.2. The first kappa shape index (κ1) is 30.2. The van der Waals surface area contributed by atoms with Crippen molar-refractivity contribution < 1.29 is 33.3 Å². The number of nitrogens with one attached hydrogen (secondary N) is 1. The average Bonchev–Trinajstić information content (AvgIpc) is 3.02. The van der Waals surface area contributed by atoms with E-state index in [2.05, 4.69) is 21.2 Å². The van der Waals surface area contributed by atoms with Gasteiger partial charge in [-0.2, -0.15) is 0 Å². The fourth-order valence-electron chi connectivity index (χ4n) is 5.78. The summed E-state index contributed by atoms with van der Waals surface area (Å²) in [4.78, 5) is 27.7. The fraction of sp³-hybridized carbons (Fsp3) is 0.294. The largest absolute Gasteiger partial charge is 0.496 e. The normalized spacial score (nSPS) is 18.0. The zero-order valence-electron chi connectivity index (χ0n) is 24.6. The van der Waals surface area contributed by atoms with E-state index in [4.69, 9.17) is 23.7 Å². The first-order valence-corrected chi connectivity index (χ1v) is 14.8. The number of esters is 1. The summed E-state index contributed by atoms with van der Waals surface area (Å²) >= 11 is 3.56. The van der Waals surface area contributed by atoms with Gasteiger partial charge in [0.25, 0.3) is 0 Å². The highest BCUT2D eigenvalue weighted by Crippen LogP contribution is 2.48. The van der Waals surface area contributed by atoms with Crippen LogP contribution in [0.4, 0.5) is 0 Å². The van der Waals surface area contributed by atoms with Crippen molar-refractivity contribution in [2.45, 2.75) is 31.6 Å². The van der Waals surface area contributed by atoms with Crippen LogP contribution in [0.1, 0.15) is 42.7 Å². The van der Waals surface area contributed by atoms with Crippen molar-refractivity contribution in [1.82, 2.24) is 5.32 Å². The van der Waals surface area contributed by atoms with Crippen molar-refractivity contribution in [3.8, 4) is 23.0 Å². The molecule has 0 saturated carbocycles. The Labute approximate surface area is 259 Å². The van der Waals surface area contributed by atoms with Crippen molar-refractivity contribution in [2.75, 3.05) is 34.5 Å². The number of Topliss-reactive ketones (excluding diaryl/α,β-unsaturated/α-hetero) is 1. The first-order valence-electron chi connectivity index (χ1n) is 14.0. The molecule has 0 radical (unpaired) electrons. The van der Waals surface area contributed by atoms with Crippen LogP contribution in [0.2, 0.25) is 0 Å². The summed E-state index contributed by atoms with van der Waals surface area (Å²) in [5.41, 5.74) is 4.00. The van der Waals surface area contributed by atoms with Crippen LogP contribution in [-0.4, -0.2) is 46.3 Å². The van der Waals surface area contributed by atoms with Gasteiger partial charge in [0.1, 0.15) is 24.7 Å². The molecule has 0 amide bonds. The molecule has 3 aromatic carbocycles. The van der Waals surface area contributed by atoms with Gasteiger partial charge in [-0.05, 0) is 67.3 Å². The van der Waals surface area contributed by atoms with E-state index in [-0.39, 0.29) is 31.3 Å². The minimum Gasteiger partial charge on any atom is -0.496 e. The van der Waals surface area contributed by atoms with Gasteiger partial charge in [0.15, 0.2) is 17.3 Å². The summed E-state index contributed by atoms with van der Waals surface area (Å²) in [5.74, 6) is 1.17. The Kier molecular flexibility index (Phi) is 9.40. The molecular weight excluding hydrogens is 614 g/mol. The van der Waals surface area contributed by atoms with Gasteiger partial charge in [-0.3, -0.25) is 4.79 Å². The van der Waals surface area contributed by atoms with Crippen molar-refractivity contribution in [1.29, 1.82) is 0 Å². The number of ether oxygens (including phenoxy) is 5. The monoisotopic (exact) mass is 647 g/mol. The molecule has 0 saturated heterocycles. The zero-order chi connectivity index (χ0) is 30.5. The van der Waals surface area contributed by atoms with E-state index in [1.807, 2.05) is 73.7 Å². The molecule has 0 unspecified atom stereocenters. The Morgan fingerprint density at radius 3 is 2.33 bits per heavy atom. The number of methoxy groups -OCH3 is 3. The molecule has 3 aromatic rings. The number of rotatable bonds is 10. The second-order valence-electron chi connectivity index (χ2n) is 10.3. The van der Waals surface area contributed by atoms with Crippen LogP contribution < -0.4 is 24.3 Å². The maximum Gasteiger partial charge on any atom is 0.336 e. The van der Waals surface area contributed by atoms with Gasteiger partial charge in [0.05, 0.1) is 32.8 Å². The van der Waals surface area contributed by atoms with Crippen molar-refractivity contribution in [2.24, 2.45) is 0 Å². The van der Waals surface area contributed by atoms with E-state index in [0.29, 0.717) is 51.8 Å². The van der Waals surface area contributed by atoms with Gasteiger partial charge >= 0.3 is 5.97 Å². The summed E-state index contributed by atoms with van der Waals surface area (Å²) in [5, 5.41) is 3.40. The van der Waals surface area contributed by atoms with Gasteiger partial charge in [-0.15, -0.1) is 0 Å². The Morgan fingerprint density at radius 2 is 1.60 bits per heavy atom. The molecule has 1 aliphatic heterocycles. The number of dihydropyridines is 1. The summed E-state index contributed by atoms with van der Waals surface area (Å²) < 4.78 is 28.9. The third kappa shape index (κ3) is 6.41. The number of benzene rings is 3. The standard InChI is InChI=1S/C34H34BrNO7/c1-20-31(34(38)43-15-14-42-24-8-6-5-7-9-24)32(25-19-23(35)11-13-28(25)39-2)33-26(36-20)16-22(17-27(33)37)21-10-12-29(40-3)30(18-21)41-4/h5-13,18-19,22,32,36H,14-17H2,1-4H3/t22-,32+/m0/s1. The topological polar surface area (TPSA) is 92.3 Å². The van der Waals surface area contributed by atoms with Crippen LogP contribution in [0.15, 0.2) is 93.7 Å². The van der Waals surface area contributed by atoms with Crippen LogP contribution >= 0.6 is 15.9 Å². The minimum absolute atomic E-state index is 0.0497. The van der Waals surface area contributed by atoms with Gasteiger partial charge in [-0.25, -0.2) is 4.79 Å². The van der Waals surface area contributed by atoms with Gasteiger partial charge in [0.2, 0.25) is 0 Å². The van der Waals surface area contributed by atoms with Crippen molar-refractivity contribution in [3.63, 3.8) is 0 Å². The summed E-state index contributed by atoms with van der Waals surface area (Å²) in [6, 6.07) is 20.7. The molecule has 1 aliphatic carbocycles. The smallest absolute Gasteiger partial charge is 0.336 e. The second kappa shape index (κ2) is 13.4. The van der Waals surface area contributed by atoms with E-state index < -0.39 is 11.9 Å². The van der Waals surface area contributed by atoms with Gasteiger partial charge in [-0.1, -0.05) is 40.2 Å². The number of hydrogen-bond donors (Lipinski definition) is 1. The average molecular weight is 649 g/mol. The maximum absolute atomic E-state index is 14.0. The predicted octanol–water partition coefficient (Wildman–Crippen LogP) is 6.46. The van der Waals surface area contributed by atoms with Crippen molar-refractivity contribution in [3.05, 3.63) is 105 Å². The lowest BCUT2D eigenvalue weighted by Gasteiger charge is -2.37. The summed E-state index contributed by atoms with van der Waals surface area (Å²) in [6.45, 7) is 2.08. The molecule has 5 rings (SSSR count). The van der Waals surface area contributed by atoms with E-state index in [1.54, 1.807) is 21.3 Å². The molecule has 9 heteroatoms. The number of ketones is 1. The quantitative estimate of drug-likeness (QED) is 0.198. The Hall–Kier alpha value is -4.24. The third-order valence-corrected chi connectivity index (χ3v) is 8.25. The Bertz CT molecular complexity index is 1580. The number of carbonyl (C=O) groups is 2. The number of allylic oxidation sites excluding steroid dienone is 3. The van der Waals surface area contributed by atoms with Gasteiger partial charge in [0, 0.05) is 33.4 Å². The van der Waals surface area contributed by atoms with E-state index in [9.17, 15) is 9.59 Å². The number of carbonyl (C=O) groups excluding carboxylic acids is 2. The van der Waals surface area contributed by atoms with Crippen LogP contribution in [0, 0.1) is 0 Å². The van der Waals surface area contributed by atoms with E-state index in [0.717, 1.165) is 15.7 Å². The minimum atomic E-state index is -0.676. The molecule has 1 heterocycles. The molecule has 0 spiro atoms. The van der Waals surface area contributed by atoms with Crippen LogP contribution in [0.3, 0.4) is 0 Å². The first-order chi connectivity index (χ1) is 20.8. The Morgan fingerprint density at radius 1 is 0.884 bits per heavy atom. The third-order valence-electron chi connectivity index (χ3n) is 7.76. The van der Waals surface area contributed by atoms with Gasteiger partial charge < -0.3 is 29.0 Å². The lowest BCUT2D eigenvalue weighted by molar-refractivity contribution is -0.140. The molecule has 0 fully saturated rings. The molecular formula is C34H34BrNO7. The highest BCUT2D eigenvalue weighted by atomic mass is 79.9. The lowest BCUT2D eigenvalue weighted by atomic mass is 9.71.